The molecule has 0 aliphatic heterocycles. The van der Waals surface area contributed by atoms with Crippen molar-refractivity contribution < 1.29 is 0 Å². The first-order valence-electron chi connectivity index (χ1n) is 6.71. The van der Waals surface area contributed by atoms with E-state index in [0.29, 0.717) is 11.2 Å². The Kier molecular flexibility index (Phi) is 3.43. The Morgan fingerprint density at radius 3 is 2.89 bits per heavy atom. The van der Waals surface area contributed by atoms with Gasteiger partial charge in [-0.15, -0.1) is 0 Å². The van der Waals surface area contributed by atoms with Crippen molar-refractivity contribution in [2.75, 3.05) is 5.32 Å². The summed E-state index contributed by atoms with van der Waals surface area (Å²) >= 11 is 5.90. The van der Waals surface area contributed by atoms with Gasteiger partial charge in [0.05, 0.1) is 17.4 Å². The molecule has 1 atom stereocenters. The number of fused-ring (bicyclic) bond motifs is 1. The van der Waals surface area contributed by atoms with Crippen LogP contribution in [0.5, 0.6) is 0 Å². The predicted octanol–water partition coefficient (Wildman–Crippen LogP) is 4.53. The van der Waals surface area contributed by atoms with Crippen molar-refractivity contribution in [1.29, 1.82) is 0 Å². The molecule has 0 spiro atoms. The largest absolute Gasteiger partial charge is 0.377 e. The van der Waals surface area contributed by atoms with E-state index in [1.807, 2.05) is 19.1 Å². The number of halogens is 1. The third-order valence-corrected chi connectivity index (χ3v) is 3.96. The highest BCUT2D eigenvalue weighted by Crippen LogP contribution is 2.33. The molecule has 1 N–H and O–H groups in total. The Morgan fingerprint density at radius 2 is 2.05 bits per heavy atom. The molecule has 19 heavy (non-hydrogen) atoms. The molecule has 0 amide bonds. The van der Waals surface area contributed by atoms with Gasteiger partial charge in [-0.3, -0.25) is 0 Å². The topological polar surface area (TPSA) is 24.9 Å². The fraction of sp³-hybridized carbons (Fsp3) is 0.312. The summed E-state index contributed by atoms with van der Waals surface area (Å²) < 4.78 is 0. The van der Waals surface area contributed by atoms with E-state index < -0.39 is 0 Å². The second-order valence-corrected chi connectivity index (χ2v) is 5.44. The van der Waals surface area contributed by atoms with Gasteiger partial charge in [0, 0.05) is 0 Å². The summed E-state index contributed by atoms with van der Waals surface area (Å²) in [5.41, 5.74) is 4.91. The van der Waals surface area contributed by atoms with Crippen LogP contribution in [0.3, 0.4) is 0 Å². The monoisotopic (exact) mass is 272 g/mol. The lowest BCUT2D eigenvalue weighted by Crippen LogP contribution is -2.17. The third kappa shape index (κ3) is 2.59. The van der Waals surface area contributed by atoms with Gasteiger partial charge in [0.15, 0.2) is 0 Å². The van der Waals surface area contributed by atoms with E-state index in [4.69, 9.17) is 11.6 Å². The van der Waals surface area contributed by atoms with E-state index in [2.05, 4.69) is 34.6 Å². The maximum absolute atomic E-state index is 5.90. The number of rotatable bonds is 2. The molecular weight excluding hydrogens is 256 g/mol. The van der Waals surface area contributed by atoms with Crippen molar-refractivity contribution in [3.8, 4) is 0 Å². The molecule has 1 aliphatic carbocycles. The number of pyridine rings is 1. The minimum absolute atomic E-state index is 0.381. The molecule has 1 aromatic carbocycles. The summed E-state index contributed by atoms with van der Waals surface area (Å²) in [6.07, 6.45) is 3.58. The molecule has 0 fully saturated rings. The number of aromatic nitrogens is 1. The van der Waals surface area contributed by atoms with E-state index in [9.17, 15) is 0 Å². The summed E-state index contributed by atoms with van der Waals surface area (Å²) in [7, 11) is 0. The number of nitrogens with one attached hydrogen (secondary N) is 1. The maximum Gasteiger partial charge on any atom is 0.129 e. The fourth-order valence-corrected chi connectivity index (χ4v) is 2.96. The van der Waals surface area contributed by atoms with Crippen molar-refractivity contribution >= 4 is 17.3 Å². The summed E-state index contributed by atoms with van der Waals surface area (Å²) in [6, 6.07) is 12.9. The van der Waals surface area contributed by atoms with Crippen molar-refractivity contribution in [2.45, 2.75) is 32.2 Å². The number of benzene rings is 1. The second kappa shape index (κ2) is 5.22. The molecule has 2 nitrogen and oxygen atoms in total. The molecule has 3 heteroatoms. The molecule has 0 saturated heterocycles. The lowest BCUT2D eigenvalue weighted by Gasteiger charge is -2.27. The quantitative estimate of drug-likeness (QED) is 0.813. The SMILES string of the molecule is Cc1nc(Cl)ccc1NC1CCCc2ccccc21. The Bertz CT molecular complexity index is 595. The Labute approximate surface area is 118 Å². The average Bonchev–Trinajstić information content (AvgIpc) is 2.42. The van der Waals surface area contributed by atoms with E-state index in [1.54, 1.807) is 0 Å². The van der Waals surface area contributed by atoms with Crippen molar-refractivity contribution in [2.24, 2.45) is 0 Å². The van der Waals surface area contributed by atoms with Crippen molar-refractivity contribution in [1.82, 2.24) is 4.98 Å². The molecule has 1 unspecified atom stereocenters. The Hall–Kier alpha value is -1.54. The van der Waals surface area contributed by atoms with Crippen molar-refractivity contribution in [3.63, 3.8) is 0 Å². The number of nitrogens with zero attached hydrogens (tertiary/aromatic N) is 1. The van der Waals surface area contributed by atoms with E-state index in [1.165, 1.54) is 30.4 Å². The van der Waals surface area contributed by atoms with Gasteiger partial charge in [0.1, 0.15) is 5.15 Å². The lowest BCUT2D eigenvalue weighted by atomic mass is 9.87. The first kappa shape index (κ1) is 12.5. The van der Waals surface area contributed by atoms with Gasteiger partial charge in [-0.25, -0.2) is 4.98 Å². The number of hydrogen-bond acceptors (Lipinski definition) is 2. The fourth-order valence-electron chi connectivity index (χ4n) is 2.77. The van der Waals surface area contributed by atoms with E-state index in [0.717, 1.165) is 11.4 Å². The number of aryl methyl sites for hydroxylation is 2. The van der Waals surface area contributed by atoms with Gasteiger partial charge in [-0.05, 0) is 49.4 Å². The van der Waals surface area contributed by atoms with Crippen LogP contribution in [0.15, 0.2) is 36.4 Å². The first-order valence-corrected chi connectivity index (χ1v) is 7.09. The van der Waals surface area contributed by atoms with Crippen LogP contribution in [0.1, 0.15) is 35.7 Å². The molecular formula is C16H17ClN2. The minimum atomic E-state index is 0.381. The maximum atomic E-state index is 5.90. The van der Waals surface area contributed by atoms with Crippen LogP contribution in [0.4, 0.5) is 5.69 Å². The number of anilines is 1. The minimum Gasteiger partial charge on any atom is -0.377 e. The van der Waals surface area contributed by atoms with Gasteiger partial charge in [0.25, 0.3) is 0 Å². The molecule has 0 bridgehead atoms. The molecule has 1 aliphatic rings. The summed E-state index contributed by atoms with van der Waals surface area (Å²) in [5, 5.41) is 4.16. The summed E-state index contributed by atoms with van der Waals surface area (Å²) in [5.74, 6) is 0. The van der Waals surface area contributed by atoms with Crippen LogP contribution in [0.25, 0.3) is 0 Å². The highest BCUT2D eigenvalue weighted by molar-refractivity contribution is 6.29. The van der Waals surface area contributed by atoms with Crippen LogP contribution in [-0.4, -0.2) is 4.98 Å². The van der Waals surface area contributed by atoms with E-state index in [-0.39, 0.29) is 0 Å². The van der Waals surface area contributed by atoms with Gasteiger partial charge in [-0.2, -0.15) is 0 Å². The molecule has 3 rings (SSSR count). The molecule has 1 heterocycles. The normalized spacial score (nSPS) is 17.9. The van der Waals surface area contributed by atoms with E-state index >= 15 is 0 Å². The molecule has 1 aromatic heterocycles. The zero-order chi connectivity index (χ0) is 13.2. The van der Waals surface area contributed by atoms with Gasteiger partial charge >= 0.3 is 0 Å². The predicted molar refractivity (Wildman–Crippen MR) is 79.7 cm³/mol. The van der Waals surface area contributed by atoms with Crippen LogP contribution in [0, 0.1) is 6.92 Å². The molecule has 0 saturated carbocycles. The lowest BCUT2D eigenvalue weighted by molar-refractivity contribution is 0.600. The zero-order valence-electron chi connectivity index (χ0n) is 11.0. The van der Waals surface area contributed by atoms with Gasteiger partial charge in [0.2, 0.25) is 0 Å². The highest BCUT2D eigenvalue weighted by atomic mass is 35.5. The van der Waals surface area contributed by atoms with Crippen molar-refractivity contribution in [3.05, 3.63) is 58.4 Å². The Morgan fingerprint density at radius 1 is 1.21 bits per heavy atom. The molecule has 0 radical (unpaired) electrons. The van der Waals surface area contributed by atoms with Crippen LogP contribution in [0.2, 0.25) is 5.15 Å². The average molecular weight is 273 g/mol. The smallest absolute Gasteiger partial charge is 0.129 e. The molecule has 98 valence electrons. The Balaban J connectivity index is 1.88. The molecule has 2 aromatic rings. The second-order valence-electron chi connectivity index (χ2n) is 5.05. The van der Waals surface area contributed by atoms with Crippen LogP contribution in [-0.2, 0) is 6.42 Å². The number of hydrogen-bond donors (Lipinski definition) is 1. The summed E-state index contributed by atoms with van der Waals surface area (Å²) in [6.45, 7) is 1.99. The zero-order valence-corrected chi connectivity index (χ0v) is 11.7. The highest BCUT2D eigenvalue weighted by Gasteiger charge is 2.20. The van der Waals surface area contributed by atoms with Gasteiger partial charge in [-0.1, -0.05) is 35.9 Å². The summed E-state index contributed by atoms with van der Waals surface area (Å²) in [4.78, 5) is 4.30. The van der Waals surface area contributed by atoms with Crippen LogP contribution >= 0.6 is 11.6 Å². The first-order chi connectivity index (χ1) is 9.24. The van der Waals surface area contributed by atoms with Crippen LogP contribution < -0.4 is 5.32 Å². The van der Waals surface area contributed by atoms with Gasteiger partial charge < -0.3 is 5.32 Å². The standard InChI is InChI=1S/C16H17ClN2/c1-11-14(9-10-16(17)18-11)19-15-8-4-6-12-5-2-3-7-13(12)15/h2-3,5,7,9-10,15,19H,4,6,8H2,1H3. The third-order valence-electron chi connectivity index (χ3n) is 3.75.